The fourth-order valence-corrected chi connectivity index (χ4v) is 0.459. The van der Waals surface area contributed by atoms with E-state index in [1.165, 1.54) is 0 Å². The molecule has 0 unspecified atom stereocenters. The van der Waals surface area contributed by atoms with Gasteiger partial charge in [-0.2, -0.15) is 4.74 Å². The van der Waals surface area contributed by atoms with E-state index in [-0.39, 0.29) is 0 Å². The molecular weight excluding hydrogens is 140 g/mol. The summed E-state index contributed by atoms with van der Waals surface area (Å²) >= 11 is 0. The molecule has 64 valence electrons. The first kappa shape index (κ1) is 10.2. The third-order valence-corrected chi connectivity index (χ3v) is 2.23. The van der Waals surface area contributed by atoms with Gasteiger partial charge in [-0.15, -0.1) is 0 Å². The van der Waals surface area contributed by atoms with Crippen molar-refractivity contribution >= 4 is 5.87 Å². The topological polar surface area (TPSA) is 52.1 Å². The van der Waals surface area contributed by atoms with Crippen LogP contribution in [-0.4, -0.2) is 21.7 Å². The van der Waals surface area contributed by atoms with Crippen LogP contribution < -0.4 is 5.73 Å². The van der Waals surface area contributed by atoms with Crippen molar-refractivity contribution in [3.8, 4) is 0 Å². The smallest absolute Gasteiger partial charge is 0.194 e. The highest BCUT2D eigenvalue weighted by molar-refractivity contribution is 5.40. The highest BCUT2D eigenvalue weighted by Gasteiger charge is 2.41. The minimum absolute atomic E-state index is 0.570. The Morgan fingerprint density at radius 2 is 1.73 bits per heavy atom. The van der Waals surface area contributed by atoms with E-state index in [4.69, 9.17) is 5.73 Å². The number of hydrogen-bond donors (Lipinski definition) is 1. The van der Waals surface area contributed by atoms with Crippen LogP contribution in [0.1, 0.15) is 27.7 Å². The van der Waals surface area contributed by atoms with E-state index >= 15 is 0 Å². The summed E-state index contributed by atoms with van der Waals surface area (Å²) in [5, 5.41) is 11.1. The van der Waals surface area contributed by atoms with Crippen molar-refractivity contribution in [2.75, 3.05) is 0 Å². The summed E-state index contributed by atoms with van der Waals surface area (Å²) in [6, 6.07) is 0. The van der Waals surface area contributed by atoms with Gasteiger partial charge in [-0.1, -0.05) is 0 Å². The molecule has 0 aliphatic carbocycles. The van der Waals surface area contributed by atoms with Crippen molar-refractivity contribution in [2.45, 2.75) is 38.8 Å². The maximum absolute atomic E-state index is 11.1. The number of hydroxylamine groups is 1. The lowest BCUT2D eigenvalue weighted by atomic mass is 9.84. The largest absolute Gasteiger partial charge is 0.615 e. The minimum atomic E-state index is -0.672. The van der Waals surface area contributed by atoms with Crippen LogP contribution in [-0.2, 0) is 0 Å². The molecule has 0 spiro atoms. The highest BCUT2D eigenvalue weighted by atomic mass is 16.5. The summed E-state index contributed by atoms with van der Waals surface area (Å²) < 4.78 is 0.660. The molecule has 0 aromatic carbocycles. The number of nitrogens with two attached hydrogens (primary N) is 1. The Morgan fingerprint density at radius 1 is 1.36 bits per heavy atom. The maximum atomic E-state index is 11.1. The van der Waals surface area contributed by atoms with Gasteiger partial charge in [0.05, 0.1) is 5.54 Å². The fraction of sp³-hybridized carbons (Fsp3) is 0.750. The molecule has 3 nitrogen and oxygen atoms in total. The zero-order valence-electron chi connectivity index (χ0n) is 7.64. The van der Waals surface area contributed by atoms with Crippen LogP contribution in [0.3, 0.4) is 0 Å². The predicted octanol–water partition coefficient (Wildman–Crippen LogP) is 0.868. The van der Waals surface area contributed by atoms with E-state index in [2.05, 4.69) is 12.4 Å². The van der Waals surface area contributed by atoms with Crippen molar-refractivity contribution in [3.05, 3.63) is 11.8 Å². The molecular formula is C8H16N2O. The lowest BCUT2D eigenvalue weighted by Crippen LogP contribution is -2.57. The van der Waals surface area contributed by atoms with Gasteiger partial charge in [0.2, 0.25) is 0 Å². The fourth-order valence-electron chi connectivity index (χ4n) is 0.459. The standard InChI is InChI=1S/C8H16N2O/c1-6-10(11)8(4,5)7(2,3)9/h1,9H2,2-5H3. The van der Waals surface area contributed by atoms with Crippen LogP contribution in [0.2, 0.25) is 0 Å². The second-order valence-electron chi connectivity index (χ2n) is 3.73. The van der Waals surface area contributed by atoms with Crippen molar-refractivity contribution in [1.29, 1.82) is 0 Å². The quantitative estimate of drug-likeness (QED) is 0.279. The van der Waals surface area contributed by atoms with Crippen molar-refractivity contribution in [2.24, 2.45) is 5.73 Å². The van der Waals surface area contributed by atoms with Gasteiger partial charge in [0, 0.05) is 20.4 Å². The van der Waals surface area contributed by atoms with Crippen LogP contribution in [0.25, 0.3) is 0 Å². The van der Waals surface area contributed by atoms with Crippen LogP contribution in [0.15, 0.2) is 6.58 Å². The molecule has 3 heteroatoms. The zero-order valence-corrected chi connectivity index (χ0v) is 7.64. The van der Waals surface area contributed by atoms with Crippen LogP contribution in [0.4, 0.5) is 0 Å². The van der Waals surface area contributed by atoms with Gasteiger partial charge in [0.25, 0.3) is 0 Å². The Bertz CT molecular complexity index is 195. The molecule has 0 fully saturated rings. The summed E-state index contributed by atoms with van der Waals surface area (Å²) in [7, 11) is 0. The van der Waals surface area contributed by atoms with E-state index in [0.717, 1.165) is 0 Å². The van der Waals surface area contributed by atoms with Gasteiger partial charge in [0.1, 0.15) is 0 Å². The van der Waals surface area contributed by atoms with E-state index in [0.29, 0.717) is 4.74 Å². The number of rotatable bonds is 2. The monoisotopic (exact) mass is 156 g/mol. The van der Waals surface area contributed by atoms with E-state index in [1.54, 1.807) is 27.7 Å². The van der Waals surface area contributed by atoms with Gasteiger partial charge < -0.3 is 10.9 Å². The molecule has 0 saturated carbocycles. The Labute approximate surface area is 67.8 Å². The predicted molar refractivity (Wildman–Crippen MR) is 46.6 cm³/mol. The molecule has 0 atom stereocenters. The Morgan fingerprint density at radius 3 is 1.82 bits per heavy atom. The lowest BCUT2D eigenvalue weighted by Gasteiger charge is -2.34. The first-order valence-electron chi connectivity index (χ1n) is 3.52. The molecule has 0 saturated heterocycles. The summed E-state index contributed by atoms with van der Waals surface area (Å²) in [5.41, 5.74) is 4.54. The number of nitrogens with zero attached hydrogens (tertiary/aromatic N) is 1. The second-order valence-corrected chi connectivity index (χ2v) is 3.73. The molecule has 0 radical (unpaired) electrons. The summed E-state index contributed by atoms with van der Waals surface area (Å²) in [5.74, 6) is 2.26. The Kier molecular flexibility index (Phi) is 2.49. The van der Waals surface area contributed by atoms with Crippen LogP contribution in [0.5, 0.6) is 0 Å². The normalized spacial score (nSPS) is 12.5. The van der Waals surface area contributed by atoms with Crippen LogP contribution in [0, 0.1) is 5.21 Å². The van der Waals surface area contributed by atoms with Crippen molar-refractivity contribution in [3.63, 3.8) is 0 Å². The first-order chi connectivity index (χ1) is 4.73. The molecule has 0 amide bonds. The minimum Gasteiger partial charge on any atom is -0.615 e. The molecule has 0 aliphatic rings. The van der Waals surface area contributed by atoms with Crippen molar-refractivity contribution in [1.82, 2.24) is 0 Å². The summed E-state index contributed by atoms with van der Waals surface area (Å²) in [4.78, 5) is 0. The molecule has 0 heterocycles. The third-order valence-electron chi connectivity index (χ3n) is 2.23. The molecule has 2 N–H and O–H groups in total. The van der Waals surface area contributed by atoms with Gasteiger partial charge >= 0.3 is 0 Å². The molecule has 11 heavy (non-hydrogen) atoms. The third kappa shape index (κ3) is 1.82. The molecule has 0 aromatic rings. The van der Waals surface area contributed by atoms with E-state index < -0.39 is 11.1 Å². The summed E-state index contributed by atoms with van der Waals surface area (Å²) in [6.07, 6.45) is 0. The van der Waals surface area contributed by atoms with Gasteiger partial charge in [-0.3, -0.25) is 0 Å². The molecule has 0 bridgehead atoms. The van der Waals surface area contributed by atoms with Crippen molar-refractivity contribution < 1.29 is 4.74 Å². The second kappa shape index (κ2) is 2.68. The molecule has 0 aromatic heterocycles. The molecule has 0 aliphatic heterocycles. The Balaban J connectivity index is 4.89. The van der Waals surface area contributed by atoms with E-state index in [1.807, 2.05) is 0 Å². The average molecular weight is 156 g/mol. The highest BCUT2D eigenvalue weighted by Crippen LogP contribution is 2.20. The zero-order chi connectivity index (χ0) is 9.28. The SMILES string of the molecule is C=C=[N+]([O-])C(C)(C)C(C)(C)N. The van der Waals surface area contributed by atoms with Gasteiger partial charge in [0.15, 0.2) is 11.4 Å². The Hall–Kier alpha value is -0.790. The van der Waals surface area contributed by atoms with Crippen LogP contribution >= 0.6 is 0 Å². The number of hydrogen-bond acceptors (Lipinski definition) is 2. The van der Waals surface area contributed by atoms with Gasteiger partial charge in [-0.25, -0.2) is 0 Å². The maximum Gasteiger partial charge on any atom is 0.194 e. The molecule has 0 rings (SSSR count). The summed E-state index contributed by atoms with van der Waals surface area (Å²) in [6.45, 7) is 10.4. The van der Waals surface area contributed by atoms with Gasteiger partial charge in [-0.05, 0) is 13.8 Å². The lowest BCUT2D eigenvalue weighted by molar-refractivity contribution is -0.545. The van der Waals surface area contributed by atoms with E-state index in [9.17, 15) is 5.21 Å². The first-order valence-corrected chi connectivity index (χ1v) is 3.52. The average Bonchev–Trinajstić information content (AvgIpc) is 1.83.